The van der Waals surface area contributed by atoms with E-state index >= 15 is 0 Å². The van der Waals surface area contributed by atoms with E-state index in [1.54, 1.807) is 62.6 Å². The molecule has 0 spiro atoms. The highest BCUT2D eigenvalue weighted by Crippen LogP contribution is 2.36. The number of carbonyl (C=O) groups is 1. The summed E-state index contributed by atoms with van der Waals surface area (Å²) < 4.78 is 49.8. The topological polar surface area (TPSA) is 103 Å². The Morgan fingerprint density at radius 3 is 2.00 bits per heavy atom. The van der Waals surface area contributed by atoms with Gasteiger partial charge in [0.05, 0.1) is 45.1 Å². The third-order valence-electron chi connectivity index (χ3n) is 5.55. The quantitative estimate of drug-likeness (QED) is 0.415. The molecule has 36 heavy (non-hydrogen) atoms. The molecule has 192 valence electrons. The predicted octanol–water partition coefficient (Wildman–Crippen LogP) is 3.79. The molecule has 0 aromatic heterocycles. The van der Waals surface area contributed by atoms with Crippen molar-refractivity contribution in [3.63, 3.8) is 0 Å². The first-order chi connectivity index (χ1) is 17.2. The molecule has 1 unspecified atom stereocenters. The first kappa shape index (κ1) is 26.7. The van der Waals surface area contributed by atoms with E-state index in [-0.39, 0.29) is 16.3 Å². The molecule has 0 fully saturated rings. The van der Waals surface area contributed by atoms with Gasteiger partial charge in [0.2, 0.25) is 5.91 Å². The number of nitrogens with zero attached hydrogens (tertiary/aromatic N) is 1. The second kappa shape index (κ2) is 11.7. The molecule has 3 rings (SSSR count). The van der Waals surface area contributed by atoms with Crippen LogP contribution >= 0.6 is 0 Å². The lowest BCUT2D eigenvalue weighted by Crippen LogP contribution is -2.41. The van der Waals surface area contributed by atoms with E-state index in [0.717, 1.165) is 4.31 Å². The molecule has 0 heterocycles. The minimum atomic E-state index is -4.14. The normalized spacial score (nSPS) is 11.8. The van der Waals surface area contributed by atoms with Crippen molar-refractivity contribution in [3.8, 4) is 23.0 Å². The molecule has 1 N–H and O–H groups in total. The van der Waals surface area contributed by atoms with Gasteiger partial charge in [0.15, 0.2) is 0 Å². The van der Waals surface area contributed by atoms with Crippen LogP contribution in [0.5, 0.6) is 23.0 Å². The smallest absolute Gasteiger partial charge is 0.264 e. The summed E-state index contributed by atoms with van der Waals surface area (Å²) in [7, 11) is 1.83. The van der Waals surface area contributed by atoms with Crippen LogP contribution in [0.4, 0.5) is 5.69 Å². The van der Waals surface area contributed by atoms with Crippen molar-refractivity contribution in [1.29, 1.82) is 0 Å². The van der Waals surface area contributed by atoms with Gasteiger partial charge in [0, 0.05) is 11.6 Å². The highest BCUT2D eigenvalue weighted by molar-refractivity contribution is 7.92. The number of ether oxygens (including phenoxy) is 4. The monoisotopic (exact) mass is 514 g/mol. The van der Waals surface area contributed by atoms with Gasteiger partial charge in [-0.25, -0.2) is 8.42 Å². The summed E-state index contributed by atoms with van der Waals surface area (Å²) in [6.07, 6.45) is 0. The number of hydrogen-bond acceptors (Lipinski definition) is 7. The summed E-state index contributed by atoms with van der Waals surface area (Å²) >= 11 is 0. The Morgan fingerprint density at radius 1 is 0.833 bits per heavy atom. The first-order valence-corrected chi connectivity index (χ1v) is 12.5. The van der Waals surface area contributed by atoms with Gasteiger partial charge in [-0.3, -0.25) is 9.10 Å². The van der Waals surface area contributed by atoms with Crippen LogP contribution in [0.25, 0.3) is 0 Å². The lowest BCUT2D eigenvalue weighted by Gasteiger charge is -2.27. The number of amides is 1. The van der Waals surface area contributed by atoms with Gasteiger partial charge in [0.1, 0.15) is 29.5 Å². The number of rotatable bonds is 11. The summed E-state index contributed by atoms with van der Waals surface area (Å²) in [5.41, 5.74) is 0.851. The van der Waals surface area contributed by atoms with Crippen LogP contribution < -0.4 is 28.6 Å². The first-order valence-electron chi connectivity index (χ1n) is 11.1. The Bertz CT molecular complexity index is 1300. The zero-order valence-corrected chi connectivity index (χ0v) is 21.7. The van der Waals surface area contributed by atoms with Crippen LogP contribution in [-0.2, 0) is 14.8 Å². The Labute approximate surface area is 211 Å². The van der Waals surface area contributed by atoms with Crippen LogP contribution in [0, 0.1) is 0 Å². The van der Waals surface area contributed by atoms with Crippen molar-refractivity contribution in [1.82, 2.24) is 5.32 Å². The molecule has 0 saturated heterocycles. The van der Waals surface area contributed by atoms with Gasteiger partial charge >= 0.3 is 0 Å². The Morgan fingerprint density at radius 2 is 1.42 bits per heavy atom. The van der Waals surface area contributed by atoms with E-state index in [4.69, 9.17) is 18.9 Å². The van der Waals surface area contributed by atoms with E-state index in [1.807, 2.05) is 0 Å². The van der Waals surface area contributed by atoms with Crippen molar-refractivity contribution in [2.75, 3.05) is 39.3 Å². The number of carbonyl (C=O) groups excluding carboxylic acids is 1. The van der Waals surface area contributed by atoms with E-state index < -0.39 is 28.5 Å². The highest BCUT2D eigenvalue weighted by atomic mass is 32.2. The maximum Gasteiger partial charge on any atom is 0.264 e. The maximum absolute atomic E-state index is 13.7. The lowest BCUT2D eigenvalue weighted by atomic mass is 10.1. The van der Waals surface area contributed by atoms with Gasteiger partial charge in [-0.05, 0) is 49.4 Å². The van der Waals surface area contributed by atoms with Gasteiger partial charge in [-0.15, -0.1) is 0 Å². The van der Waals surface area contributed by atoms with Gasteiger partial charge in [0.25, 0.3) is 10.0 Å². The van der Waals surface area contributed by atoms with Crippen LogP contribution in [0.3, 0.4) is 0 Å². The summed E-state index contributed by atoms with van der Waals surface area (Å²) in [6.45, 7) is 1.27. The number of hydrogen-bond donors (Lipinski definition) is 1. The predicted molar refractivity (Wildman–Crippen MR) is 137 cm³/mol. The molecule has 10 heteroatoms. The largest absolute Gasteiger partial charge is 0.497 e. The van der Waals surface area contributed by atoms with E-state index in [0.29, 0.717) is 22.8 Å². The van der Waals surface area contributed by atoms with E-state index in [9.17, 15) is 13.2 Å². The molecule has 0 aliphatic rings. The molecule has 0 aliphatic heterocycles. The average Bonchev–Trinajstić information content (AvgIpc) is 2.91. The molecular weight excluding hydrogens is 484 g/mol. The standard InChI is InChI=1S/C26H30N2O7S/c1-18(22-15-19(32-2)11-13-24(22)34-4)27-26(29)17-28(36(30,31)21-9-7-6-8-10-21)23-16-20(33-3)12-14-25(23)35-5/h6-16,18H,17H2,1-5H3,(H,27,29). The van der Waals surface area contributed by atoms with Gasteiger partial charge in [-0.1, -0.05) is 18.2 Å². The van der Waals surface area contributed by atoms with Crippen LogP contribution in [0.15, 0.2) is 71.6 Å². The number of sulfonamides is 1. The second-order valence-corrected chi connectivity index (χ2v) is 9.62. The number of methoxy groups -OCH3 is 4. The fraction of sp³-hybridized carbons (Fsp3) is 0.269. The van der Waals surface area contributed by atoms with Crippen molar-refractivity contribution in [3.05, 3.63) is 72.3 Å². The summed E-state index contributed by atoms with van der Waals surface area (Å²) in [6, 6.07) is 17.4. The Kier molecular flexibility index (Phi) is 8.65. The third-order valence-corrected chi connectivity index (χ3v) is 7.33. The Balaban J connectivity index is 1.99. The van der Waals surface area contributed by atoms with Crippen LogP contribution in [0.2, 0.25) is 0 Å². The minimum absolute atomic E-state index is 0.0326. The lowest BCUT2D eigenvalue weighted by molar-refractivity contribution is -0.120. The van der Waals surface area contributed by atoms with Crippen molar-refractivity contribution in [2.45, 2.75) is 17.9 Å². The SMILES string of the molecule is COc1ccc(OC)c(C(C)NC(=O)CN(c2cc(OC)ccc2OC)S(=O)(=O)c2ccccc2)c1. The number of nitrogens with one attached hydrogen (secondary N) is 1. The zero-order valence-electron chi connectivity index (χ0n) is 20.8. The molecule has 9 nitrogen and oxygen atoms in total. The van der Waals surface area contributed by atoms with Gasteiger partial charge < -0.3 is 24.3 Å². The molecule has 0 aliphatic carbocycles. The number of anilines is 1. The second-order valence-electron chi connectivity index (χ2n) is 7.76. The van der Waals surface area contributed by atoms with Crippen LogP contribution in [0.1, 0.15) is 18.5 Å². The van der Waals surface area contributed by atoms with Crippen molar-refractivity contribution < 1.29 is 32.2 Å². The molecular formula is C26H30N2O7S. The molecule has 3 aromatic rings. The average molecular weight is 515 g/mol. The van der Waals surface area contributed by atoms with Crippen molar-refractivity contribution >= 4 is 21.6 Å². The van der Waals surface area contributed by atoms with E-state index in [1.165, 1.54) is 39.5 Å². The fourth-order valence-electron chi connectivity index (χ4n) is 3.68. The molecule has 3 aromatic carbocycles. The molecule has 0 bridgehead atoms. The Hall–Kier alpha value is -3.92. The maximum atomic E-state index is 13.7. The van der Waals surface area contributed by atoms with Gasteiger partial charge in [-0.2, -0.15) is 0 Å². The zero-order chi connectivity index (χ0) is 26.3. The minimum Gasteiger partial charge on any atom is -0.497 e. The molecule has 0 radical (unpaired) electrons. The summed E-state index contributed by atoms with van der Waals surface area (Å²) in [5, 5.41) is 2.86. The summed E-state index contributed by atoms with van der Waals surface area (Å²) in [4.78, 5) is 13.3. The van der Waals surface area contributed by atoms with Crippen molar-refractivity contribution in [2.24, 2.45) is 0 Å². The van der Waals surface area contributed by atoms with E-state index in [2.05, 4.69) is 5.32 Å². The third kappa shape index (κ3) is 5.83. The molecule has 1 atom stereocenters. The number of benzene rings is 3. The fourth-order valence-corrected chi connectivity index (χ4v) is 5.13. The summed E-state index contributed by atoms with van der Waals surface area (Å²) in [5.74, 6) is 1.31. The van der Waals surface area contributed by atoms with Crippen LogP contribution in [-0.4, -0.2) is 49.3 Å². The highest BCUT2D eigenvalue weighted by Gasteiger charge is 2.30. The molecule has 1 amide bonds. The molecule has 0 saturated carbocycles.